The third-order valence-electron chi connectivity index (χ3n) is 8.75. The number of unbranched alkanes of at least 4 members (excludes halogenated alkanes) is 2. The topological polar surface area (TPSA) is 77.4 Å². The molecule has 0 spiro atoms. The first-order valence-electron chi connectivity index (χ1n) is 16.6. The Kier molecular flexibility index (Phi) is 9.91. The summed E-state index contributed by atoms with van der Waals surface area (Å²) in [7, 11) is 3.17. The van der Waals surface area contributed by atoms with Crippen molar-refractivity contribution < 1.29 is 29.2 Å². The summed E-state index contributed by atoms with van der Waals surface area (Å²) in [6, 6.07) is 31.6. The van der Waals surface area contributed by atoms with Crippen molar-refractivity contribution in [1.29, 1.82) is 0 Å². The van der Waals surface area contributed by atoms with Gasteiger partial charge in [-0.25, -0.2) is 0 Å². The Morgan fingerprint density at radius 3 is 1.79 bits per heavy atom. The van der Waals surface area contributed by atoms with E-state index >= 15 is 0 Å². The van der Waals surface area contributed by atoms with Crippen molar-refractivity contribution in [3.63, 3.8) is 0 Å². The van der Waals surface area contributed by atoms with Crippen molar-refractivity contribution in [2.75, 3.05) is 27.4 Å². The number of benzene rings is 6. The maximum Gasteiger partial charge on any atom is 0.173 e. The predicted octanol–water partition coefficient (Wildman–Crippen LogP) is 10.8. The van der Waals surface area contributed by atoms with Crippen LogP contribution in [0.15, 0.2) is 97.1 Å². The van der Waals surface area contributed by atoms with Gasteiger partial charge in [0.05, 0.1) is 38.4 Å². The number of phenols is 2. The molecule has 0 aliphatic heterocycles. The summed E-state index contributed by atoms with van der Waals surface area (Å²) < 4.78 is 25.0. The highest BCUT2D eigenvalue weighted by molar-refractivity contribution is 6.11. The number of hydrogen-bond acceptors (Lipinski definition) is 6. The molecular weight excluding hydrogens is 600 g/mol. The summed E-state index contributed by atoms with van der Waals surface area (Å²) in [5.41, 5.74) is 4.59. The molecule has 6 nitrogen and oxygen atoms in total. The van der Waals surface area contributed by atoms with Gasteiger partial charge >= 0.3 is 0 Å². The molecule has 0 atom stereocenters. The molecule has 0 heterocycles. The fraction of sp³-hybridized carbons (Fsp3) is 0.238. The van der Waals surface area contributed by atoms with E-state index in [2.05, 4.69) is 26.0 Å². The Bertz CT molecular complexity index is 2040. The lowest BCUT2D eigenvalue weighted by molar-refractivity contribution is 0.290. The van der Waals surface area contributed by atoms with E-state index in [0.29, 0.717) is 63.5 Å². The molecule has 6 heteroatoms. The van der Waals surface area contributed by atoms with Gasteiger partial charge in [-0.15, -0.1) is 0 Å². The van der Waals surface area contributed by atoms with Crippen LogP contribution in [0.5, 0.6) is 34.5 Å². The lowest BCUT2D eigenvalue weighted by Gasteiger charge is -2.23. The van der Waals surface area contributed by atoms with Gasteiger partial charge in [-0.2, -0.15) is 0 Å². The van der Waals surface area contributed by atoms with Crippen LogP contribution in [0.2, 0.25) is 0 Å². The molecular formula is C42H42O6. The van der Waals surface area contributed by atoms with Gasteiger partial charge in [0.25, 0.3) is 0 Å². The van der Waals surface area contributed by atoms with E-state index in [4.69, 9.17) is 18.9 Å². The van der Waals surface area contributed by atoms with Crippen LogP contribution in [0.1, 0.15) is 39.5 Å². The highest BCUT2D eigenvalue weighted by Crippen LogP contribution is 2.57. The van der Waals surface area contributed by atoms with Crippen molar-refractivity contribution in [2.24, 2.45) is 0 Å². The molecule has 2 N–H and O–H groups in total. The Morgan fingerprint density at radius 1 is 0.521 bits per heavy atom. The van der Waals surface area contributed by atoms with Gasteiger partial charge in [-0.05, 0) is 59.9 Å². The van der Waals surface area contributed by atoms with Crippen molar-refractivity contribution in [1.82, 2.24) is 0 Å². The molecule has 0 aromatic heterocycles. The summed E-state index contributed by atoms with van der Waals surface area (Å²) >= 11 is 0. The van der Waals surface area contributed by atoms with E-state index in [1.165, 1.54) is 0 Å². The first-order chi connectivity index (χ1) is 23.5. The number of methoxy groups -OCH3 is 2. The monoisotopic (exact) mass is 642 g/mol. The number of ether oxygens (including phenoxy) is 4. The van der Waals surface area contributed by atoms with Crippen LogP contribution in [0.4, 0.5) is 0 Å². The van der Waals surface area contributed by atoms with Crippen LogP contribution in [-0.4, -0.2) is 37.6 Å². The van der Waals surface area contributed by atoms with Crippen molar-refractivity contribution in [3.05, 3.63) is 97.1 Å². The molecule has 6 rings (SSSR count). The highest BCUT2D eigenvalue weighted by atomic mass is 16.5. The summed E-state index contributed by atoms with van der Waals surface area (Å²) in [4.78, 5) is 0. The smallest absolute Gasteiger partial charge is 0.173 e. The van der Waals surface area contributed by atoms with Gasteiger partial charge in [0.2, 0.25) is 0 Å². The third kappa shape index (κ3) is 6.06. The Morgan fingerprint density at radius 2 is 1.15 bits per heavy atom. The fourth-order valence-corrected chi connectivity index (χ4v) is 6.26. The van der Waals surface area contributed by atoms with Gasteiger partial charge < -0.3 is 29.2 Å². The number of fused-ring (bicyclic) bond motifs is 2. The second-order valence-corrected chi connectivity index (χ2v) is 11.8. The summed E-state index contributed by atoms with van der Waals surface area (Å²) in [6.07, 6.45) is 3.61. The van der Waals surface area contributed by atoms with E-state index < -0.39 is 0 Å². The lowest BCUT2D eigenvalue weighted by atomic mass is 9.91. The minimum Gasteiger partial charge on any atom is -0.507 e. The van der Waals surface area contributed by atoms with Gasteiger partial charge in [-0.3, -0.25) is 0 Å². The van der Waals surface area contributed by atoms with E-state index in [9.17, 15) is 10.2 Å². The standard InChI is InChI=1S/C42H42O6/c1-5-7-23-47-35-26-34(38(43)31-20-19-29(25-33(31)35)27-15-11-9-12-16-27)36-39(44)32-22-21-30(28-17-13-10-14-18-28)40(45-3)37(32)42(41(36)46-4)48-24-8-6-2/h9-22,25-26,43-44H,5-8,23-24H2,1-4H3. The van der Waals surface area contributed by atoms with Gasteiger partial charge in [-0.1, -0.05) is 93.4 Å². The average Bonchev–Trinajstić information content (AvgIpc) is 3.13. The lowest BCUT2D eigenvalue weighted by Crippen LogP contribution is -2.03. The molecule has 6 aromatic carbocycles. The molecule has 0 aliphatic rings. The van der Waals surface area contributed by atoms with Gasteiger partial charge in [0, 0.05) is 27.3 Å². The first kappa shape index (κ1) is 32.6. The zero-order valence-electron chi connectivity index (χ0n) is 28.0. The molecule has 48 heavy (non-hydrogen) atoms. The van der Waals surface area contributed by atoms with E-state index in [1.807, 2.05) is 78.9 Å². The molecule has 0 aliphatic carbocycles. The largest absolute Gasteiger partial charge is 0.507 e. The minimum absolute atomic E-state index is 0.00721. The van der Waals surface area contributed by atoms with Gasteiger partial charge in [0.1, 0.15) is 23.0 Å². The van der Waals surface area contributed by atoms with E-state index in [-0.39, 0.29) is 11.5 Å². The molecule has 0 bridgehead atoms. The normalized spacial score (nSPS) is 11.2. The first-order valence-corrected chi connectivity index (χ1v) is 16.6. The zero-order valence-corrected chi connectivity index (χ0v) is 28.0. The second-order valence-electron chi connectivity index (χ2n) is 11.8. The van der Waals surface area contributed by atoms with Crippen LogP contribution in [-0.2, 0) is 0 Å². The third-order valence-corrected chi connectivity index (χ3v) is 8.75. The Hall–Kier alpha value is -5.36. The SMILES string of the molecule is CCCCOc1cc(-c2c(OC)c(OCCCC)c3c(OC)c(-c4ccccc4)ccc3c2O)c(O)c2ccc(-c3ccccc3)cc12. The number of aromatic hydroxyl groups is 2. The molecule has 0 unspecified atom stereocenters. The van der Waals surface area contributed by atoms with Crippen LogP contribution >= 0.6 is 0 Å². The summed E-state index contributed by atoms with van der Waals surface area (Å²) in [6.45, 7) is 5.16. The quantitative estimate of drug-likeness (QED) is 0.122. The van der Waals surface area contributed by atoms with Crippen molar-refractivity contribution >= 4 is 21.5 Å². The molecule has 0 radical (unpaired) electrons. The minimum atomic E-state index is -0.0577. The molecule has 0 saturated heterocycles. The molecule has 6 aromatic rings. The van der Waals surface area contributed by atoms with Crippen LogP contribution in [0.25, 0.3) is 54.9 Å². The predicted molar refractivity (Wildman–Crippen MR) is 195 cm³/mol. The molecule has 0 amide bonds. The zero-order chi connectivity index (χ0) is 33.6. The number of hydrogen-bond donors (Lipinski definition) is 2. The Balaban J connectivity index is 1.65. The summed E-state index contributed by atoms with van der Waals surface area (Å²) in [5.74, 6) is 1.86. The van der Waals surface area contributed by atoms with Crippen LogP contribution < -0.4 is 18.9 Å². The number of rotatable bonds is 13. The Labute approximate surface area is 282 Å². The van der Waals surface area contributed by atoms with Crippen molar-refractivity contribution in [3.8, 4) is 67.9 Å². The van der Waals surface area contributed by atoms with Gasteiger partial charge in [0.15, 0.2) is 11.5 Å². The average molecular weight is 643 g/mol. The van der Waals surface area contributed by atoms with Crippen LogP contribution in [0.3, 0.4) is 0 Å². The molecule has 246 valence electrons. The molecule has 0 saturated carbocycles. The highest BCUT2D eigenvalue weighted by Gasteiger charge is 2.29. The van der Waals surface area contributed by atoms with Crippen LogP contribution in [0, 0.1) is 0 Å². The maximum absolute atomic E-state index is 12.1. The van der Waals surface area contributed by atoms with E-state index in [0.717, 1.165) is 53.3 Å². The maximum atomic E-state index is 12.1. The van der Waals surface area contributed by atoms with E-state index in [1.54, 1.807) is 20.3 Å². The second kappa shape index (κ2) is 14.6. The van der Waals surface area contributed by atoms with Crippen molar-refractivity contribution in [2.45, 2.75) is 39.5 Å². The fourth-order valence-electron chi connectivity index (χ4n) is 6.26. The molecule has 0 fully saturated rings. The summed E-state index contributed by atoms with van der Waals surface area (Å²) in [5, 5.41) is 26.6. The number of phenolic OH excluding ortho intramolecular Hbond substituents is 2.